The van der Waals surface area contributed by atoms with Crippen LogP contribution in [0.25, 0.3) is 0 Å². The molecule has 0 saturated heterocycles. The molecule has 1 aromatic rings. The summed E-state index contributed by atoms with van der Waals surface area (Å²) in [6.45, 7) is 3.26. The number of ether oxygens (including phenoxy) is 1. The van der Waals surface area contributed by atoms with E-state index in [9.17, 15) is 0 Å². The Morgan fingerprint density at radius 3 is 2.76 bits per heavy atom. The number of nitrogens with one attached hydrogen (secondary N) is 1. The normalized spacial score (nSPS) is 12.4. The first-order valence-electron chi connectivity index (χ1n) is 6.14. The lowest BCUT2D eigenvalue weighted by atomic mass is 10.1. The SMILES string of the molecule is COc1ccccc1[C@@H](C)NCCCCSC. The Hall–Kier alpha value is -0.670. The highest BCUT2D eigenvalue weighted by atomic mass is 32.2. The van der Waals surface area contributed by atoms with Crippen molar-refractivity contribution >= 4 is 11.8 Å². The van der Waals surface area contributed by atoms with Crippen molar-refractivity contribution in [3.8, 4) is 5.75 Å². The molecule has 0 heterocycles. The van der Waals surface area contributed by atoms with Gasteiger partial charge in [-0.2, -0.15) is 11.8 Å². The van der Waals surface area contributed by atoms with Crippen molar-refractivity contribution in [2.24, 2.45) is 0 Å². The molecular formula is C14H23NOS. The van der Waals surface area contributed by atoms with E-state index in [1.54, 1.807) is 7.11 Å². The van der Waals surface area contributed by atoms with E-state index in [0.717, 1.165) is 12.3 Å². The van der Waals surface area contributed by atoms with E-state index in [2.05, 4.69) is 30.6 Å². The topological polar surface area (TPSA) is 21.3 Å². The van der Waals surface area contributed by atoms with Crippen molar-refractivity contribution in [1.29, 1.82) is 0 Å². The minimum Gasteiger partial charge on any atom is -0.496 e. The summed E-state index contributed by atoms with van der Waals surface area (Å²) in [5.41, 5.74) is 1.24. The van der Waals surface area contributed by atoms with Crippen LogP contribution < -0.4 is 10.1 Å². The van der Waals surface area contributed by atoms with Crippen LogP contribution in [0.5, 0.6) is 5.75 Å². The molecule has 0 aliphatic heterocycles. The van der Waals surface area contributed by atoms with E-state index in [1.807, 2.05) is 23.9 Å². The maximum absolute atomic E-state index is 5.37. The second-order valence-corrected chi connectivity index (χ2v) is 5.10. The monoisotopic (exact) mass is 253 g/mol. The highest BCUT2D eigenvalue weighted by molar-refractivity contribution is 7.98. The number of benzene rings is 1. The molecule has 1 rings (SSSR count). The minimum absolute atomic E-state index is 0.348. The van der Waals surface area contributed by atoms with Crippen LogP contribution in [0.2, 0.25) is 0 Å². The fourth-order valence-corrected chi connectivity index (χ4v) is 2.32. The van der Waals surface area contributed by atoms with Crippen molar-refractivity contribution in [3.05, 3.63) is 29.8 Å². The first-order valence-corrected chi connectivity index (χ1v) is 7.54. The van der Waals surface area contributed by atoms with Crippen LogP contribution in [0.15, 0.2) is 24.3 Å². The Bertz CT molecular complexity index is 317. The Balaban J connectivity index is 2.38. The van der Waals surface area contributed by atoms with Crippen LogP contribution in [0.4, 0.5) is 0 Å². The first kappa shape index (κ1) is 14.4. The molecule has 0 bridgehead atoms. The zero-order valence-corrected chi connectivity index (χ0v) is 11.8. The van der Waals surface area contributed by atoms with Crippen molar-refractivity contribution in [1.82, 2.24) is 5.32 Å². The van der Waals surface area contributed by atoms with Crippen molar-refractivity contribution < 1.29 is 4.74 Å². The molecule has 0 unspecified atom stereocenters. The summed E-state index contributed by atoms with van der Waals surface area (Å²) in [6.07, 6.45) is 4.68. The van der Waals surface area contributed by atoms with Gasteiger partial charge >= 0.3 is 0 Å². The second-order valence-electron chi connectivity index (χ2n) is 4.12. The van der Waals surface area contributed by atoms with Crippen LogP contribution >= 0.6 is 11.8 Å². The molecule has 0 spiro atoms. The van der Waals surface area contributed by atoms with Crippen molar-refractivity contribution in [2.45, 2.75) is 25.8 Å². The molecule has 96 valence electrons. The third-order valence-electron chi connectivity index (χ3n) is 2.83. The number of methoxy groups -OCH3 is 1. The Labute approximate surface area is 109 Å². The van der Waals surface area contributed by atoms with Gasteiger partial charge in [-0.05, 0) is 44.4 Å². The molecule has 0 aliphatic carbocycles. The van der Waals surface area contributed by atoms with Gasteiger partial charge < -0.3 is 10.1 Å². The smallest absolute Gasteiger partial charge is 0.123 e. The zero-order valence-electron chi connectivity index (χ0n) is 11.0. The van der Waals surface area contributed by atoms with Crippen LogP contribution in [0.1, 0.15) is 31.4 Å². The number of rotatable bonds is 8. The van der Waals surface area contributed by atoms with Gasteiger partial charge in [0.05, 0.1) is 7.11 Å². The molecule has 1 atom stereocenters. The number of hydrogen-bond donors (Lipinski definition) is 1. The number of unbranched alkanes of at least 4 members (excludes halogenated alkanes) is 1. The van der Waals surface area contributed by atoms with E-state index in [4.69, 9.17) is 4.74 Å². The quantitative estimate of drug-likeness (QED) is 0.717. The van der Waals surface area contributed by atoms with Gasteiger partial charge in [0.25, 0.3) is 0 Å². The summed E-state index contributed by atoms with van der Waals surface area (Å²) in [5, 5.41) is 3.54. The van der Waals surface area contributed by atoms with Gasteiger partial charge in [-0.3, -0.25) is 0 Å². The molecule has 3 heteroatoms. The Morgan fingerprint density at radius 2 is 2.06 bits per heavy atom. The second kappa shape index (κ2) is 8.43. The molecule has 0 saturated carbocycles. The predicted octanol–water partition coefficient (Wildman–Crippen LogP) is 3.49. The number of hydrogen-bond acceptors (Lipinski definition) is 3. The van der Waals surface area contributed by atoms with Crippen molar-refractivity contribution in [2.75, 3.05) is 25.7 Å². The minimum atomic E-state index is 0.348. The lowest BCUT2D eigenvalue weighted by molar-refractivity contribution is 0.401. The summed E-state index contributed by atoms with van der Waals surface area (Å²) >= 11 is 1.92. The van der Waals surface area contributed by atoms with Gasteiger partial charge in [-0.1, -0.05) is 18.2 Å². The summed E-state index contributed by atoms with van der Waals surface area (Å²) < 4.78 is 5.37. The lowest BCUT2D eigenvalue weighted by Gasteiger charge is -2.17. The van der Waals surface area contributed by atoms with E-state index >= 15 is 0 Å². The van der Waals surface area contributed by atoms with Gasteiger partial charge in [0.2, 0.25) is 0 Å². The molecule has 0 aliphatic rings. The fourth-order valence-electron chi connectivity index (χ4n) is 1.82. The molecular weight excluding hydrogens is 230 g/mol. The average molecular weight is 253 g/mol. The van der Waals surface area contributed by atoms with E-state index in [-0.39, 0.29) is 0 Å². The van der Waals surface area contributed by atoms with Gasteiger partial charge in [-0.15, -0.1) is 0 Å². The molecule has 0 radical (unpaired) electrons. The molecule has 1 aromatic carbocycles. The lowest BCUT2D eigenvalue weighted by Crippen LogP contribution is -2.20. The highest BCUT2D eigenvalue weighted by Gasteiger charge is 2.09. The Morgan fingerprint density at radius 1 is 1.29 bits per heavy atom. The van der Waals surface area contributed by atoms with Crippen LogP contribution in [-0.4, -0.2) is 25.7 Å². The highest BCUT2D eigenvalue weighted by Crippen LogP contribution is 2.24. The largest absolute Gasteiger partial charge is 0.496 e. The fraction of sp³-hybridized carbons (Fsp3) is 0.571. The molecule has 0 amide bonds. The third-order valence-corrected chi connectivity index (χ3v) is 3.53. The maximum atomic E-state index is 5.37. The molecule has 1 N–H and O–H groups in total. The Kier molecular flexibility index (Phi) is 7.13. The maximum Gasteiger partial charge on any atom is 0.123 e. The summed E-state index contributed by atoms with van der Waals surface area (Å²) in [6, 6.07) is 8.55. The van der Waals surface area contributed by atoms with E-state index < -0.39 is 0 Å². The van der Waals surface area contributed by atoms with Gasteiger partial charge in [0.15, 0.2) is 0 Å². The average Bonchev–Trinajstić information content (AvgIpc) is 2.38. The number of para-hydroxylation sites is 1. The molecule has 0 fully saturated rings. The van der Waals surface area contributed by atoms with Gasteiger partial charge in [0.1, 0.15) is 5.75 Å². The van der Waals surface area contributed by atoms with Crippen molar-refractivity contribution in [3.63, 3.8) is 0 Å². The van der Waals surface area contributed by atoms with E-state index in [1.165, 1.54) is 24.2 Å². The number of thioether (sulfide) groups is 1. The summed E-state index contributed by atoms with van der Waals surface area (Å²) in [5.74, 6) is 2.22. The van der Waals surface area contributed by atoms with Crippen LogP contribution in [0, 0.1) is 0 Å². The third kappa shape index (κ3) is 5.00. The molecule has 0 aromatic heterocycles. The van der Waals surface area contributed by atoms with E-state index in [0.29, 0.717) is 6.04 Å². The summed E-state index contributed by atoms with van der Waals surface area (Å²) in [4.78, 5) is 0. The standard InChI is InChI=1S/C14H23NOS/c1-12(15-10-6-7-11-17-3)13-8-4-5-9-14(13)16-2/h4-5,8-9,12,15H,6-7,10-11H2,1-3H3/t12-/m1/s1. The van der Waals surface area contributed by atoms with Crippen LogP contribution in [0.3, 0.4) is 0 Å². The zero-order chi connectivity index (χ0) is 12.5. The predicted molar refractivity (Wildman–Crippen MR) is 77.0 cm³/mol. The van der Waals surface area contributed by atoms with Crippen LogP contribution in [-0.2, 0) is 0 Å². The summed E-state index contributed by atoms with van der Waals surface area (Å²) in [7, 11) is 1.73. The first-order chi connectivity index (χ1) is 8.29. The molecule has 2 nitrogen and oxygen atoms in total. The molecule has 17 heavy (non-hydrogen) atoms. The van der Waals surface area contributed by atoms with Gasteiger partial charge in [-0.25, -0.2) is 0 Å². The van der Waals surface area contributed by atoms with Gasteiger partial charge in [0, 0.05) is 11.6 Å².